The first-order valence-electron chi connectivity index (χ1n) is 7.61. The van der Waals surface area contributed by atoms with Crippen LogP contribution in [0.15, 0.2) is 0 Å². The normalized spacial score (nSPS) is 31.1. The van der Waals surface area contributed by atoms with E-state index in [4.69, 9.17) is 0 Å². The molecule has 0 saturated carbocycles. The average Bonchev–Trinajstić information content (AvgIpc) is 2.49. The van der Waals surface area contributed by atoms with Crippen molar-refractivity contribution in [1.82, 2.24) is 10.2 Å². The lowest BCUT2D eigenvalue weighted by Gasteiger charge is -2.27. The molecule has 0 aromatic rings. The lowest BCUT2D eigenvalue weighted by Crippen LogP contribution is -2.37. The molecule has 100 valence electrons. The minimum absolute atomic E-state index is 0.581. The van der Waals surface area contributed by atoms with Crippen LogP contribution in [0, 0.1) is 5.41 Å². The molecule has 2 heteroatoms. The molecule has 2 fully saturated rings. The van der Waals surface area contributed by atoms with E-state index in [1.807, 2.05) is 0 Å². The second kappa shape index (κ2) is 6.19. The second-order valence-electron chi connectivity index (χ2n) is 6.79. The summed E-state index contributed by atoms with van der Waals surface area (Å²) in [5.41, 5.74) is 0.581. The van der Waals surface area contributed by atoms with Crippen molar-refractivity contribution >= 4 is 0 Å². The van der Waals surface area contributed by atoms with Gasteiger partial charge in [0.25, 0.3) is 0 Å². The third-order valence-corrected chi connectivity index (χ3v) is 4.64. The van der Waals surface area contributed by atoms with Crippen molar-refractivity contribution in [2.24, 2.45) is 5.41 Å². The van der Waals surface area contributed by atoms with Crippen LogP contribution in [0.5, 0.6) is 0 Å². The maximum absolute atomic E-state index is 3.66. The van der Waals surface area contributed by atoms with Crippen LogP contribution < -0.4 is 5.32 Å². The molecule has 0 aromatic heterocycles. The van der Waals surface area contributed by atoms with E-state index in [1.54, 1.807) is 0 Å². The van der Waals surface area contributed by atoms with Crippen LogP contribution in [0.4, 0.5) is 0 Å². The summed E-state index contributed by atoms with van der Waals surface area (Å²) < 4.78 is 0. The van der Waals surface area contributed by atoms with Gasteiger partial charge in [0.1, 0.15) is 0 Å². The van der Waals surface area contributed by atoms with Gasteiger partial charge in [-0.25, -0.2) is 0 Å². The lowest BCUT2D eigenvalue weighted by molar-refractivity contribution is 0.241. The third kappa shape index (κ3) is 4.59. The van der Waals surface area contributed by atoms with Gasteiger partial charge in [0, 0.05) is 6.04 Å². The van der Waals surface area contributed by atoms with Crippen LogP contribution in [0.1, 0.15) is 58.8 Å². The molecule has 1 unspecified atom stereocenters. The van der Waals surface area contributed by atoms with E-state index in [2.05, 4.69) is 24.1 Å². The number of rotatable bonds is 3. The highest BCUT2D eigenvalue weighted by molar-refractivity contribution is 4.78. The van der Waals surface area contributed by atoms with E-state index in [-0.39, 0.29) is 0 Å². The Labute approximate surface area is 107 Å². The summed E-state index contributed by atoms with van der Waals surface area (Å²) in [6, 6.07) is 0.806. The van der Waals surface area contributed by atoms with Gasteiger partial charge in [-0.05, 0) is 70.1 Å². The van der Waals surface area contributed by atoms with Gasteiger partial charge < -0.3 is 10.2 Å². The zero-order valence-corrected chi connectivity index (χ0v) is 11.8. The highest BCUT2D eigenvalue weighted by atomic mass is 15.1. The molecule has 2 saturated heterocycles. The quantitative estimate of drug-likeness (QED) is 0.813. The summed E-state index contributed by atoms with van der Waals surface area (Å²) in [6.07, 6.45) is 9.76. The molecule has 0 amide bonds. The zero-order chi connectivity index (χ0) is 12.1. The molecule has 0 bridgehead atoms. The number of likely N-dealkylation sites (tertiary alicyclic amines) is 1. The first-order chi connectivity index (χ1) is 8.16. The summed E-state index contributed by atoms with van der Waals surface area (Å²) in [6.45, 7) is 10.1. The Morgan fingerprint density at radius 2 is 2.00 bits per heavy atom. The maximum Gasteiger partial charge on any atom is 0.00792 e. The molecule has 1 N–H and O–H groups in total. The Morgan fingerprint density at radius 1 is 1.12 bits per heavy atom. The van der Waals surface area contributed by atoms with Crippen molar-refractivity contribution in [2.75, 3.05) is 26.2 Å². The number of piperidine rings is 1. The van der Waals surface area contributed by atoms with Crippen molar-refractivity contribution in [2.45, 2.75) is 64.8 Å². The van der Waals surface area contributed by atoms with E-state index in [0.29, 0.717) is 5.41 Å². The number of nitrogens with one attached hydrogen (secondary N) is 1. The number of nitrogens with zero attached hydrogens (tertiary/aromatic N) is 1. The van der Waals surface area contributed by atoms with Crippen LogP contribution in [-0.2, 0) is 0 Å². The van der Waals surface area contributed by atoms with Crippen LogP contribution in [0.3, 0.4) is 0 Å². The Morgan fingerprint density at radius 3 is 2.76 bits per heavy atom. The monoisotopic (exact) mass is 238 g/mol. The van der Waals surface area contributed by atoms with Gasteiger partial charge in [0.15, 0.2) is 0 Å². The van der Waals surface area contributed by atoms with Crippen LogP contribution >= 0.6 is 0 Å². The topological polar surface area (TPSA) is 15.3 Å². The summed E-state index contributed by atoms with van der Waals surface area (Å²) in [5, 5.41) is 3.66. The Hall–Kier alpha value is -0.0800. The van der Waals surface area contributed by atoms with Gasteiger partial charge in [-0.15, -0.1) is 0 Å². The molecular weight excluding hydrogens is 208 g/mol. The minimum atomic E-state index is 0.581. The Balaban J connectivity index is 1.68. The maximum atomic E-state index is 3.66. The molecule has 2 aliphatic rings. The first-order valence-corrected chi connectivity index (χ1v) is 7.61. The van der Waals surface area contributed by atoms with Gasteiger partial charge >= 0.3 is 0 Å². The van der Waals surface area contributed by atoms with E-state index in [0.717, 1.165) is 6.04 Å². The van der Waals surface area contributed by atoms with Crippen LogP contribution in [-0.4, -0.2) is 37.1 Å². The van der Waals surface area contributed by atoms with E-state index in [1.165, 1.54) is 71.1 Å². The summed E-state index contributed by atoms with van der Waals surface area (Å²) in [7, 11) is 0. The zero-order valence-electron chi connectivity index (χ0n) is 11.8. The first kappa shape index (κ1) is 13.4. The second-order valence-corrected chi connectivity index (χ2v) is 6.79. The van der Waals surface area contributed by atoms with Gasteiger partial charge in [0.05, 0.1) is 0 Å². The van der Waals surface area contributed by atoms with Gasteiger partial charge in [-0.2, -0.15) is 0 Å². The third-order valence-electron chi connectivity index (χ3n) is 4.64. The van der Waals surface area contributed by atoms with E-state index in [9.17, 15) is 0 Å². The minimum Gasteiger partial charge on any atom is -0.314 e. The summed E-state index contributed by atoms with van der Waals surface area (Å²) >= 11 is 0. The lowest BCUT2D eigenvalue weighted by atomic mass is 9.85. The predicted molar refractivity (Wildman–Crippen MR) is 74.3 cm³/mol. The molecular formula is C15H30N2. The number of hydrogen-bond donors (Lipinski definition) is 1. The number of hydrogen-bond acceptors (Lipinski definition) is 2. The average molecular weight is 238 g/mol. The van der Waals surface area contributed by atoms with Gasteiger partial charge in [0.2, 0.25) is 0 Å². The summed E-state index contributed by atoms with van der Waals surface area (Å²) in [5.74, 6) is 0. The molecule has 2 aliphatic heterocycles. The molecule has 2 heterocycles. The SMILES string of the molecule is CC1(C)CCCN(CCC2CCCCN2)CC1. The largest absolute Gasteiger partial charge is 0.314 e. The molecule has 17 heavy (non-hydrogen) atoms. The smallest absolute Gasteiger partial charge is 0.00792 e. The van der Waals surface area contributed by atoms with Crippen LogP contribution in [0.25, 0.3) is 0 Å². The van der Waals surface area contributed by atoms with Crippen molar-refractivity contribution in [3.8, 4) is 0 Å². The van der Waals surface area contributed by atoms with Crippen LogP contribution in [0.2, 0.25) is 0 Å². The van der Waals surface area contributed by atoms with E-state index >= 15 is 0 Å². The standard InChI is InChI=1S/C15H30N2/c1-15(2)8-5-11-17(13-9-15)12-7-14-6-3-4-10-16-14/h14,16H,3-13H2,1-2H3. The predicted octanol–water partition coefficient (Wildman–Crippen LogP) is 3.03. The van der Waals surface area contributed by atoms with Crippen molar-refractivity contribution in [1.29, 1.82) is 0 Å². The Bertz CT molecular complexity index is 219. The molecule has 0 aliphatic carbocycles. The molecule has 1 atom stereocenters. The van der Waals surface area contributed by atoms with Crippen molar-refractivity contribution in [3.05, 3.63) is 0 Å². The highest BCUT2D eigenvalue weighted by Crippen LogP contribution is 2.29. The fourth-order valence-corrected chi connectivity index (χ4v) is 3.21. The van der Waals surface area contributed by atoms with Crippen molar-refractivity contribution < 1.29 is 0 Å². The molecule has 2 rings (SSSR count). The molecule has 2 nitrogen and oxygen atoms in total. The molecule has 0 radical (unpaired) electrons. The highest BCUT2D eigenvalue weighted by Gasteiger charge is 2.23. The fourth-order valence-electron chi connectivity index (χ4n) is 3.21. The fraction of sp³-hybridized carbons (Fsp3) is 1.00. The Kier molecular flexibility index (Phi) is 4.87. The molecule has 0 aromatic carbocycles. The van der Waals surface area contributed by atoms with Crippen molar-refractivity contribution in [3.63, 3.8) is 0 Å². The van der Waals surface area contributed by atoms with Gasteiger partial charge in [-0.3, -0.25) is 0 Å². The summed E-state index contributed by atoms with van der Waals surface area (Å²) in [4.78, 5) is 2.70. The molecule has 0 spiro atoms. The van der Waals surface area contributed by atoms with E-state index < -0.39 is 0 Å². The van der Waals surface area contributed by atoms with Gasteiger partial charge in [-0.1, -0.05) is 20.3 Å².